The molecule has 0 aliphatic heterocycles. The van der Waals surface area contributed by atoms with Gasteiger partial charge in [-0.25, -0.2) is 0 Å². The van der Waals surface area contributed by atoms with Gasteiger partial charge in [-0.05, 0) is 0 Å². The van der Waals surface area contributed by atoms with E-state index in [-0.39, 0.29) is 0 Å². The second kappa shape index (κ2) is 2.91. The molecule has 0 spiro atoms. The Balaban J connectivity index is 3.56. The summed E-state index contributed by atoms with van der Waals surface area (Å²) in [6.45, 7) is -0.779. The van der Waals surface area contributed by atoms with Crippen molar-refractivity contribution in [1.29, 1.82) is 0 Å². The third-order valence-electron chi connectivity index (χ3n) is 1.63. The van der Waals surface area contributed by atoms with Crippen LogP contribution in [0, 0.1) is 0 Å². The highest BCUT2D eigenvalue weighted by Crippen LogP contribution is 2.50. The molecule has 0 radical (unpaired) electrons. The number of benzene rings is 1. The predicted molar refractivity (Wildman–Crippen MR) is 40.7 cm³/mol. The molecular weight excluding hydrogens is 180 g/mol. The number of aromatic hydroxyl groups is 5. The molecule has 0 heterocycles. The first-order chi connectivity index (χ1) is 6.00. The maximum Gasteiger partial charge on any atom is 0.208 e. The first-order valence-corrected chi connectivity index (χ1v) is 3.29. The molecule has 0 saturated carbocycles. The highest BCUT2D eigenvalue weighted by molar-refractivity contribution is 5.67. The molecular formula is C7H8O6. The molecule has 72 valence electrons. The number of aliphatic hydroxyl groups is 1. The normalized spacial score (nSPS) is 10.2. The lowest BCUT2D eigenvalue weighted by atomic mass is 10.1. The molecule has 0 unspecified atom stereocenters. The Labute approximate surface area is 72.6 Å². The van der Waals surface area contributed by atoms with Crippen LogP contribution in [0.15, 0.2) is 0 Å². The van der Waals surface area contributed by atoms with Gasteiger partial charge in [0.1, 0.15) is 0 Å². The second-order valence-corrected chi connectivity index (χ2v) is 2.38. The molecule has 13 heavy (non-hydrogen) atoms. The molecule has 6 N–H and O–H groups in total. The van der Waals surface area contributed by atoms with Crippen LogP contribution in [-0.4, -0.2) is 30.6 Å². The fourth-order valence-corrected chi connectivity index (χ4v) is 0.884. The Morgan fingerprint density at radius 3 is 1.23 bits per heavy atom. The van der Waals surface area contributed by atoms with Crippen molar-refractivity contribution in [2.45, 2.75) is 6.61 Å². The van der Waals surface area contributed by atoms with Gasteiger partial charge in [0.15, 0.2) is 11.5 Å². The molecule has 6 heteroatoms. The van der Waals surface area contributed by atoms with Gasteiger partial charge in [0.2, 0.25) is 17.2 Å². The van der Waals surface area contributed by atoms with Crippen molar-refractivity contribution in [1.82, 2.24) is 0 Å². The highest BCUT2D eigenvalue weighted by Gasteiger charge is 2.21. The van der Waals surface area contributed by atoms with Gasteiger partial charge in [-0.2, -0.15) is 0 Å². The Morgan fingerprint density at radius 1 is 0.615 bits per heavy atom. The zero-order valence-electron chi connectivity index (χ0n) is 6.39. The molecule has 0 aromatic heterocycles. The van der Waals surface area contributed by atoms with Gasteiger partial charge in [0.05, 0.1) is 12.2 Å². The van der Waals surface area contributed by atoms with Crippen LogP contribution in [0.4, 0.5) is 0 Å². The van der Waals surface area contributed by atoms with E-state index >= 15 is 0 Å². The molecule has 0 bridgehead atoms. The number of hydrogen-bond donors (Lipinski definition) is 6. The summed E-state index contributed by atoms with van der Waals surface area (Å²) in [5, 5.41) is 53.5. The largest absolute Gasteiger partial charge is 0.504 e. The molecule has 0 aliphatic rings. The van der Waals surface area contributed by atoms with Gasteiger partial charge in [-0.1, -0.05) is 0 Å². The predicted octanol–water partition coefficient (Wildman–Crippen LogP) is -0.293. The van der Waals surface area contributed by atoms with Crippen LogP contribution in [0.2, 0.25) is 0 Å². The molecule has 1 aromatic carbocycles. The number of phenols is 5. The fourth-order valence-electron chi connectivity index (χ4n) is 0.884. The summed E-state index contributed by atoms with van der Waals surface area (Å²) < 4.78 is 0. The van der Waals surface area contributed by atoms with Crippen molar-refractivity contribution in [3.63, 3.8) is 0 Å². The quantitative estimate of drug-likeness (QED) is 0.266. The van der Waals surface area contributed by atoms with Crippen molar-refractivity contribution >= 4 is 0 Å². The average molecular weight is 188 g/mol. The number of rotatable bonds is 1. The number of aliphatic hydroxyl groups excluding tert-OH is 1. The van der Waals surface area contributed by atoms with Gasteiger partial charge in [-0.3, -0.25) is 0 Å². The van der Waals surface area contributed by atoms with Crippen molar-refractivity contribution < 1.29 is 30.6 Å². The first kappa shape index (κ1) is 9.27. The summed E-state index contributed by atoms with van der Waals surface area (Å²) in [6, 6.07) is 0. The Morgan fingerprint density at radius 2 is 0.923 bits per heavy atom. The first-order valence-electron chi connectivity index (χ1n) is 3.29. The smallest absolute Gasteiger partial charge is 0.208 e. The minimum Gasteiger partial charge on any atom is -0.504 e. The highest BCUT2D eigenvalue weighted by atomic mass is 16.4. The molecule has 1 aromatic rings. The average Bonchev–Trinajstić information content (AvgIpc) is 2.13. The zero-order valence-corrected chi connectivity index (χ0v) is 6.39. The summed E-state index contributed by atoms with van der Waals surface area (Å²) in [4.78, 5) is 0. The van der Waals surface area contributed by atoms with Gasteiger partial charge in [0, 0.05) is 0 Å². The van der Waals surface area contributed by atoms with Crippen LogP contribution >= 0.6 is 0 Å². The lowest BCUT2D eigenvalue weighted by Gasteiger charge is -2.09. The van der Waals surface area contributed by atoms with Crippen molar-refractivity contribution in [2.24, 2.45) is 0 Å². The van der Waals surface area contributed by atoms with Gasteiger partial charge >= 0.3 is 0 Å². The molecule has 0 saturated heterocycles. The summed E-state index contributed by atoms with van der Waals surface area (Å²) in [7, 11) is 0. The molecule has 1 rings (SSSR count). The fraction of sp³-hybridized carbons (Fsp3) is 0.143. The SMILES string of the molecule is OCc1c(O)c(O)c(O)c(O)c1O. The summed E-state index contributed by atoms with van der Waals surface area (Å²) in [5.74, 6) is -4.74. The molecule has 0 atom stereocenters. The summed E-state index contributed by atoms with van der Waals surface area (Å²) in [5.41, 5.74) is -0.451. The van der Waals surface area contributed by atoms with Crippen LogP contribution in [0.3, 0.4) is 0 Å². The summed E-state index contributed by atoms with van der Waals surface area (Å²) >= 11 is 0. The van der Waals surface area contributed by atoms with E-state index in [9.17, 15) is 0 Å². The number of hydrogen-bond acceptors (Lipinski definition) is 6. The minimum atomic E-state index is -1.03. The van der Waals surface area contributed by atoms with Crippen molar-refractivity contribution in [3.05, 3.63) is 5.56 Å². The number of phenolic OH excluding ortho intramolecular Hbond substituents is 3. The maximum absolute atomic E-state index is 9.04. The third-order valence-corrected chi connectivity index (χ3v) is 1.63. The van der Waals surface area contributed by atoms with Gasteiger partial charge in [-0.15, -0.1) is 0 Å². The maximum atomic E-state index is 9.04. The van der Waals surface area contributed by atoms with E-state index in [1.54, 1.807) is 0 Å². The molecule has 6 nitrogen and oxygen atoms in total. The molecule has 0 fully saturated rings. The summed E-state index contributed by atoms with van der Waals surface area (Å²) in [6.07, 6.45) is 0. The Kier molecular flexibility index (Phi) is 2.07. The van der Waals surface area contributed by atoms with Crippen LogP contribution in [-0.2, 0) is 6.61 Å². The lowest BCUT2D eigenvalue weighted by molar-refractivity contribution is 0.258. The van der Waals surface area contributed by atoms with E-state index in [0.29, 0.717) is 0 Å². The van der Waals surface area contributed by atoms with E-state index in [1.807, 2.05) is 0 Å². The molecule has 0 aliphatic carbocycles. The third kappa shape index (κ3) is 1.17. The lowest BCUT2D eigenvalue weighted by Crippen LogP contribution is -1.87. The van der Waals surface area contributed by atoms with E-state index in [2.05, 4.69) is 0 Å². The Hall–Kier alpha value is -1.82. The van der Waals surface area contributed by atoms with Gasteiger partial charge < -0.3 is 30.6 Å². The van der Waals surface area contributed by atoms with E-state index in [0.717, 1.165) is 0 Å². The van der Waals surface area contributed by atoms with Crippen molar-refractivity contribution in [2.75, 3.05) is 0 Å². The van der Waals surface area contributed by atoms with Crippen molar-refractivity contribution in [3.8, 4) is 28.7 Å². The van der Waals surface area contributed by atoms with Gasteiger partial charge in [0.25, 0.3) is 0 Å². The topological polar surface area (TPSA) is 121 Å². The van der Waals surface area contributed by atoms with E-state index < -0.39 is 40.9 Å². The monoisotopic (exact) mass is 188 g/mol. The standard InChI is InChI=1S/C7H8O6/c8-1-2-3(9)5(11)7(13)6(12)4(2)10/h8-13H,1H2. The van der Waals surface area contributed by atoms with Crippen LogP contribution in [0.25, 0.3) is 0 Å². The van der Waals surface area contributed by atoms with E-state index in [1.165, 1.54) is 0 Å². The second-order valence-electron chi connectivity index (χ2n) is 2.38. The Bertz CT molecular complexity index is 316. The van der Waals surface area contributed by atoms with E-state index in [4.69, 9.17) is 30.6 Å². The zero-order chi connectivity index (χ0) is 10.2. The van der Waals surface area contributed by atoms with Crippen LogP contribution in [0.5, 0.6) is 28.7 Å². The van der Waals surface area contributed by atoms with Crippen LogP contribution < -0.4 is 0 Å². The minimum absolute atomic E-state index is 0.451. The van der Waals surface area contributed by atoms with Crippen LogP contribution in [0.1, 0.15) is 5.56 Å². The molecule has 0 amide bonds.